The van der Waals surface area contributed by atoms with Gasteiger partial charge in [-0.25, -0.2) is 4.39 Å². The van der Waals surface area contributed by atoms with E-state index in [2.05, 4.69) is 11.4 Å². The Balaban J connectivity index is 2.30. The lowest BCUT2D eigenvalue weighted by atomic mass is 10.1. The van der Waals surface area contributed by atoms with Gasteiger partial charge in [0.15, 0.2) is 0 Å². The fourth-order valence-electron chi connectivity index (χ4n) is 1.62. The van der Waals surface area contributed by atoms with Gasteiger partial charge in [0.05, 0.1) is 11.8 Å². The van der Waals surface area contributed by atoms with Crippen molar-refractivity contribution >= 4 is 17.3 Å². The zero-order chi connectivity index (χ0) is 13.0. The smallest absolute Gasteiger partial charge is 0.146 e. The molecule has 0 radical (unpaired) electrons. The Kier molecular flexibility index (Phi) is 3.81. The average molecular weight is 261 g/mol. The first kappa shape index (κ1) is 12.4. The number of halogens is 2. The van der Waals surface area contributed by atoms with Crippen LogP contribution < -0.4 is 5.32 Å². The fourth-order valence-corrected chi connectivity index (χ4v) is 1.87. The van der Waals surface area contributed by atoms with E-state index in [4.69, 9.17) is 16.9 Å². The van der Waals surface area contributed by atoms with E-state index >= 15 is 0 Å². The van der Waals surface area contributed by atoms with Crippen molar-refractivity contribution in [3.63, 3.8) is 0 Å². The summed E-state index contributed by atoms with van der Waals surface area (Å²) in [7, 11) is 0. The second-order valence-electron chi connectivity index (χ2n) is 3.71. The van der Waals surface area contributed by atoms with Crippen LogP contribution in [0.5, 0.6) is 0 Å². The maximum absolute atomic E-state index is 13.5. The molecule has 1 atom stereocenters. The number of para-hydroxylation sites is 1. The second-order valence-corrected chi connectivity index (χ2v) is 4.12. The third kappa shape index (κ3) is 2.61. The molecule has 4 heteroatoms. The molecule has 0 aliphatic heterocycles. The zero-order valence-corrected chi connectivity index (χ0v) is 10.2. The molecule has 0 saturated heterocycles. The molecule has 0 aliphatic rings. The van der Waals surface area contributed by atoms with Gasteiger partial charge < -0.3 is 5.32 Å². The molecule has 0 bridgehead atoms. The molecule has 2 nitrogen and oxygen atoms in total. The van der Waals surface area contributed by atoms with Crippen molar-refractivity contribution in [3.05, 3.63) is 64.9 Å². The molecule has 0 fully saturated rings. The molecule has 1 unspecified atom stereocenters. The number of hydrogen-bond acceptors (Lipinski definition) is 2. The van der Waals surface area contributed by atoms with E-state index in [1.165, 1.54) is 6.07 Å². The van der Waals surface area contributed by atoms with Crippen LogP contribution in [0.4, 0.5) is 10.1 Å². The first-order valence-corrected chi connectivity index (χ1v) is 5.75. The minimum atomic E-state index is -0.685. The highest BCUT2D eigenvalue weighted by atomic mass is 35.5. The number of anilines is 1. The van der Waals surface area contributed by atoms with Crippen LogP contribution in [0.3, 0.4) is 0 Å². The number of nitrogens with one attached hydrogen (secondary N) is 1. The lowest BCUT2D eigenvalue weighted by molar-refractivity contribution is 0.629. The Bertz CT molecular complexity index is 592. The van der Waals surface area contributed by atoms with Crippen molar-refractivity contribution in [2.24, 2.45) is 0 Å². The summed E-state index contributed by atoms with van der Waals surface area (Å²) in [5, 5.41) is 12.5. The van der Waals surface area contributed by atoms with Gasteiger partial charge in [0.25, 0.3) is 0 Å². The summed E-state index contributed by atoms with van der Waals surface area (Å²) in [5.41, 5.74) is 0.911. The van der Waals surface area contributed by atoms with Gasteiger partial charge in [-0.05, 0) is 18.2 Å². The molecule has 18 heavy (non-hydrogen) atoms. The molecule has 2 rings (SSSR count). The highest BCUT2D eigenvalue weighted by molar-refractivity contribution is 6.31. The molecular weight excluding hydrogens is 251 g/mol. The number of hydrogen-bond donors (Lipinski definition) is 1. The molecule has 0 aliphatic carbocycles. The van der Waals surface area contributed by atoms with Crippen molar-refractivity contribution in [2.45, 2.75) is 6.04 Å². The molecule has 2 aromatic rings. The third-order valence-electron chi connectivity index (χ3n) is 2.52. The summed E-state index contributed by atoms with van der Waals surface area (Å²) in [5.74, 6) is -0.398. The van der Waals surface area contributed by atoms with Gasteiger partial charge >= 0.3 is 0 Å². The van der Waals surface area contributed by atoms with Crippen LogP contribution in [-0.2, 0) is 0 Å². The van der Waals surface area contributed by atoms with E-state index in [-0.39, 0.29) is 5.69 Å². The summed E-state index contributed by atoms with van der Waals surface area (Å²) in [6.45, 7) is 0. The highest BCUT2D eigenvalue weighted by Crippen LogP contribution is 2.26. The third-order valence-corrected chi connectivity index (χ3v) is 2.86. The van der Waals surface area contributed by atoms with Gasteiger partial charge in [0.1, 0.15) is 11.9 Å². The molecule has 90 valence electrons. The van der Waals surface area contributed by atoms with Crippen molar-refractivity contribution in [1.29, 1.82) is 5.26 Å². The number of rotatable bonds is 3. The van der Waals surface area contributed by atoms with E-state index in [1.54, 1.807) is 42.5 Å². The number of benzene rings is 2. The molecule has 0 saturated carbocycles. The van der Waals surface area contributed by atoms with E-state index in [0.717, 1.165) is 0 Å². The van der Waals surface area contributed by atoms with Crippen molar-refractivity contribution in [1.82, 2.24) is 0 Å². The second kappa shape index (κ2) is 5.52. The Morgan fingerprint density at radius 1 is 1.11 bits per heavy atom. The van der Waals surface area contributed by atoms with E-state index in [1.807, 2.05) is 0 Å². The van der Waals surface area contributed by atoms with Gasteiger partial charge in [-0.15, -0.1) is 0 Å². The van der Waals surface area contributed by atoms with Crippen molar-refractivity contribution < 1.29 is 4.39 Å². The molecule has 0 amide bonds. The first-order valence-electron chi connectivity index (χ1n) is 5.37. The van der Waals surface area contributed by atoms with Gasteiger partial charge in [-0.1, -0.05) is 41.9 Å². The first-order chi connectivity index (χ1) is 8.72. The van der Waals surface area contributed by atoms with Gasteiger partial charge in [-0.2, -0.15) is 5.26 Å². The van der Waals surface area contributed by atoms with Crippen LogP contribution in [-0.4, -0.2) is 0 Å². The minimum absolute atomic E-state index is 0.281. The lowest BCUT2D eigenvalue weighted by Crippen LogP contribution is -2.10. The lowest BCUT2D eigenvalue weighted by Gasteiger charge is -2.14. The normalized spacial score (nSPS) is 11.6. The van der Waals surface area contributed by atoms with E-state index < -0.39 is 11.9 Å². The monoisotopic (exact) mass is 260 g/mol. The zero-order valence-electron chi connectivity index (χ0n) is 9.40. The van der Waals surface area contributed by atoms with Crippen LogP contribution in [0.15, 0.2) is 48.5 Å². The van der Waals surface area contributed by atoms with Gasteiger partial charge in [0, 0.05) is 10.6 Å². The molecule has 0 heterocycles. The summed E-state index contributed by atoms with van der Waals surface area (Å²) in [6.07, 6.45) is 0. The number of nitriles is 1. The Labute approximate surface area is 110 Å². The SMILES string of the molecule is N#CC(Nc1ccccc1F)c1ccccc1Cl. The summed E-state index contributed by atoms with van der Waals surface area (Å²) >= 11 is 6.02. The maximum atomic E-state index is 13.5. The average Bonchev–Trinajstić information content (AvgIpc) is 2.39. The summed E-state index contributed by atoms with van der Waals surface area (Å²) in [6, 6.07) is 14.6. The van der Waals surface area contributed by atoms with Gasteiger partial charge in [0.2, 0.25) is 0 Å². The number of nitrogens with zero attached hydrogens (tertiary/aromatic N) is 1. The predicted octanol–water partition coefficient (Wildman–Crippen LogP) is 4.16. The Hall–Kier alpha value is -2.05. The molecule has 1 N–H and O–H groups in total. The largest absolute Gasteiger partial charge is 0.364 e. The van der Waals surface area contributed by atoms with E-state index in [0.29, 0.717) is 10.6 Å². The molecule has 0 aromatic heterocycles. The summed E-state index contributed by atoms with van der Waals surface area (Å²) in [4.78, 5) is 0. The molecule has 0 spiro atoms. The topological polar surface area (TPSA) is 35.8 Å². The highest BCUT2D eigenvalue weighted by Gasteiger charge is 2.14. The summed E-state index contributed by atoms with van der Waals surface area (Å²) < 4.78 is 13.5. The standard InChI is InChI=1S/C14H10ClFN2/c15-11-6-2-1-5-10(11)14(9-17)18-13-8-4-3-7-12(13)16/h1-8,14,18H. The molecular formula is C14H10ClFN2. The fraction of sp³-hybridized carbons (Fsp3) is 0.0714. The maximum Gasteiger partial charge on any atom is 0.146 e. The van der Waals surface area contributed by atoms with Crippen LogP contribution in [0.25, 0.3) is 0 Å². The Morgan fingerprint density at radius 3 is 2.44 bits per heavy atom. The van der Waals surface area contributed by atoms with Crippen LogP contribution in [0.1, 0.15) is 11.6 Å². The van der Waals surface area contributed by atoms with Crippen LogP contribution in [0, 0.1) is 17.1 Å². The quantitative estimate of drug-likeness (QED) is 0.900. The molecule has 2 aromatic carbocycles. The predicted molar refractivity (Wildman–Crippen MR) is 69.8 cm³/mol. The van der Waals surface area contributed by atoms with E-state index in [9.17, 15) is 4.39 Å². The minimum Gasteiger partial charge on any atom is -0.364 e. The van der Waals surface area contributed by atoms with Crippen molar-refractivity contribution in [3.8, 4) is 6.07 Å². The van der Waals surface area contributed by atoms with Crippen LogP contribution in [0.2, 0.25) is 5.02 Å². The van der Waals surface area contributed by atoms with Crippen LogP contribution >= 0.6 is 11.6 Å². The van der Waals surface area contributed by atoms with Crippen molar-refractivity contribution in [2.75, 3.05) is 5.32 Å². The Morgan fingerprint density at radius 2 is 1.78 bits per heavy atom. The van der Waals surface area contributed by atoms with Gasteiger partial charge in [-0.3, -0.25) is 0 Å².